The van der Waals surface area contributed by atoms with Crippen molar-refractivity contribution in [1.82, 2.24) is 0 Å². The van der Waals surface area contributed by atoms with E-state index in [0.717, 1.165) is 0 Å². The molecule has 4 heteroatoms. The molecule has 0 aromatic rings. The fourth-order valence-electron chi connectivity index (χ4n) is 0. The summed E-state index contributed by atoms with van der Waals surface area (Å²) in [6, 6.07) is 0. The molecule has 0 bridgehead atoms. The van der Waals surface area contributed by atoms with Gasteiger partial charge in [0.15, 0.2) is 0 Å². The highest BCUT2D eigenvalue weighted by molar-refractivity contribution is 5.85. The van der Waals surface area contributed by atoms with Gasteiger partial charge in [-0.1, -0.05) is 0 Å². The Morgan fingerprint density at radius 3 is 1.25 bits per heavy atom. The SMILES string of the molecule is Cl.[N-]=[N+]=[N-]. The molecule has 0 saturated carbocycles. The van der Waals surface area contributed by atoms with Gasteiger partial charge in [-0.25, -0.2) is 0 Å². The highest BCUT2D eigenvalue weighted by Crippen LogP contribution is 1.29. The lowest BCUT2D eigenvalue weighted by atomic mass is 13.0. The fourth-order valence-corrected chi connectivity index (χ4v) is 0. The first-order valence-corrected chi connectivity index (χ1v) is 0.400. The maximum Gasteiger partial charge on any atom is -0.147 e. The number of hydrogen-bond donors (Lipinski definition) is 0. The third-order valence-electron chi connectivity index (χ3n) is 0. The van der Waals surface area contributed by atoms with E-state index < -0.39 is 0 Å². The fraction of sp³-hybridized carbons (Fsp3) is 0. The molecule has 0 heterocycles. The number of rotatable bonds is 0. The summed E-state index contributed by atoms with van der Waals surface area (Å²) >= 11 is 0. The first-order chi connectivity index (χ1) is 1.41. The molecule has 0 rings (SSSR count). The molecule has 0 saturated heterocycles. The minimum atomic E-state index is 0. The summed E-state index contributed by atoms with van der Waals surface area (Å²) in [5.41, 5.74) is 13.5. The molecule has 0 atom stereocenters. The molecule has 0 spiro atoms. The van der Waals surface area contributed by atoms with Gasteiger partial charge in [0.05, 0.1) is 0 Å². The molecule has 3 nitrogen and oxygen atoms in total. The maximum absolute atomic E-state index is 6.75. The van der Waals surface area contributed by atoms with Crippen LogP contribution in [0.15, 0.2) is 0 Å². The zero-order valence-electron chi connectivity index (χ0n) is 1.75. The smallest absolute Gasteiger partial charge is 0.147 e. The van der Waals surface area contributed by atoms with Crippen molar-refractivity contribution in [3.8, 4) is 0 Å². The Morgan fingerprint density at radius 1 is 1.25 bits per heavy atom. The molecule has 0 aliphatic carbocycles. The minimum Gasteiger partial charge on any atom is -0.373 e. The van der Waals surface area contributed by atoms with Crippen LogP contribution in [0.2, 0.25) is 0 Å². The summed E-state index contributed by atoms with van der Waals surface area (Å²) in [5, 5.41) is 0. The van der Waals surface area contributed by atoms with Crippen molar-refractivity contribution in [3.05, 3.63) is 16.0 Å². The Balaban J connectivity index is 0. The van der Waals surface area contributed by atoms with Gasteiger partial charge < -0.3 is 11.1 Å². The lowest BCUT2D eigenvalue weighted by Gasteiger charge is -1.31. The number of halogens is 1. The highest BCUT2D eigenvalue weighted by atomic mass is 35.5. The van der Waals surface area contributed by atoms with Crippen LogP contribution < -0.4 is 0 Å². The van der Waals surface area contributed by atoms with Crippen LogP contribution in [0.3, 0.4) is 0 Å². The molecule has 0 radical (unpaired) electrons. The van der Waals surface area contributed by atoms with E-state index in [0.29, 0.717) is 0 Å². The molecule has 4 heavy (non-hydrogen) atoms. The molecule has 0 N–H and O–H groups in total. The van der Waals surface area contributed by atoms with Crippen molar-refractivity contribution >= 4 is 12.4 Å². The summed E-state index contributed by atoms with van der Waals surface area (Å²) in [7, 11) is 0. The van der Waals surface area contributed by atoms with Gasteiger partial charge in [-0.05, 0) is 0 Å². The minimum absolute atomic E-state index is 0. The van der Waals surface area contributed by atoms with Crippen LogP contribution in [0.4, 0.5) is 0 Å². The van der Waals surface area contributed by atoms with Crippen LogP contribution in [0.1, 0.15) is 0 Å². The van der Waals surface area contributed by atoms with E-state index in [2.05, 4.69) is 0 Å². The Bertz CT molecular complexity index is 24.3. The monoisotopic (exact) mass is 78.0 g/mol. The summed E-state index contributed by atoms with van der Waals surface area (Å²) in [6.07, 6.45) is 0. The van der Waals surface area contributed by atoms with E-state index in [1.807, 2.05) is 0 Å². The summed E-state index contributed by atoms with van der Waals surface area (Å²) in [5.74, 6) is 0. The van der Waals surface area contributed by atoms with Crippen molar-refractivity contribution in [2.45, 2.75) is 0 Å². The Morgan fingerprint density at radius 2 is 1.25 bits per heavy atom. The van der Waals surface area contributed by atoms with Gasteiger partial charge in [-0.15, -0.1) is 12.4 Å². The highest BCUT2D eigenvalue weighted by Gasteiger charge is 0.689. The number of hydrogen-bond acceptors (Lipinski definition) is 0. The summed E-state index contributed by atoms with van der Waals surface area (Å²) in [6.45, 7) is 0. The zero-order chi connectivity index (χ0) is 2.71. The van der Waals surface area contributed by atoms with Crippen LogP contribution in [-0.4, -0.2) is 0 Å². The average molecular weight is 78.5 g/mol. The molecule has 0 aliphatic rings. The molecule has 0 unspecified atom stereocenters. The van der Waals surface area contributed by atoms with Gasteiger partial charge in [0.2, 0.25) is 0 Å². The molecule has 24 valence electrons. The Labute approximate surface area is 29.5 Å². The third kappa shape index (κ3) is 3.60. The van der Waals surface area contributed by atoms with Crippen molar-refractivity contribution in [2.24, 2.45) is 0 Å². The lowest BCUT2D eigenvalue weighted by Crippen LogP contribution is -0.711. The van der Waals surface area contributed by atoms with E-state index in [1.165, 1.54) is 4.91 Å². The molecule has 0 aromatic heterocycles. The van der Waals surface area contributed by atoms with Crippen LogP contribution >= 0.6 is 12.4 Å². The Kier molecular flexibility index (Phi) is 43.9. The first kappa shape index (κ1) is 9.51. The second-order valence-corrected chi connectivity index (χ2v) is 0.0894. The van der Waals surface area contributed by atoms with E-state index in [4.69, 9.17) is 11.1 Å². The molecular weight excluding hydrogens is 77.5 g/mol. The first-order valence-electron chi connectivity index (χ1n) is 0.400. The van der Waals surface area contributed by atoms with E-state index in [1.54, 1.807) is 0 Å². The topological polar surface area (TPSA) is 58.7 Å². The van der Waals surface area contributed by atoms with Crippen molar-refractivity contribution in [3.63, 3.8) is 0 Å². The van der Waals surface area contributed by atoms with Gasteiger partial charge in [-0.3, -0.25) is 4.91 Å². The molecular formula is HClN3-. The van der Waals surface area contributed by atoms with Crippen molar-refractivity contribution in [2.75, 3.05) is 0 Å². The number of nitrogens with zero attached hydrogens (tertiary/aromatic N) is 3. The second kappa shape index (κ2) is 18.5. The molecule has 0 fully saturated rings. The molecule has 0 aliphatic heterocycles. The Hall–Kier alpha value is -0.400. The lowest BCUT2D eigenvalue weighted by molar-refractivity contribution is 2.36. The third-order valence-corrected chi connectivity index (χ3v) is 0. The normalized spacial score (nSPS) is 2.00. The predicted octanol–water partition coefficient (Wildman–Crippen LogP) is 1.29. The van der Waals surface area contributed by atoms with Crippen LogP contribution in [0, 0.1) is 0 Å². The zero-order valence-corrected chi connectivity index (χ0v) is 2.57. The van der Waals surface area contributed by atoms with Gasteiger partial charge >= 0.3 is 0 Å². The van der Waals surface area contributed by atoms with E-state index >= 15 is 0 Å². The standard InChI is InChI=1S/ClH.N3/c;1-3-2/h1H;/q;-1. The van der Waals surface area contributed by atoms with Gasteiger partial charge in [0.1, 0.15) is 0 Å². The van der Waals surface area contributed by atoms with Crippen molar-refractivity contribution < 1.29 is 0 Å². The summed E-state index contributed by atoms with van der Waals surface area (Å²) < 4.78 is 0. The van der Waals surface area contributed by atoms with Gasteiger partial charge in [0, 0.05) is 0 Å². The van der Waals surface area contributed by atoms with E-state index in [9.17, 15) is 0 Å². The van der Waals surface area contributed by atoms with Crippen LogP contribution in [0.5, 0.6) is 0 Å². The van der Waals surface area contributed by atoms with Crippen LogP contribution in [0.25, 0.3) is 16.0 Å². The summed E-state index contributed by atoms with van der Waals surface area (Å²) in [4.78, 5) is 1.50. The van der Waals surface area contributed by atoms with Gasteiger partial charge in [-0.2, -0.15) is 0 Å². The van der Waals surface area contributed by atoms with Crippen molar-refractivity contribution in [1.29, 1.82) is 0 Å². The second-order valence-electron chi connectivity index (χ2n) is 0.0894. The molecule has 0 aromatic carbocycles. The predicted molar refractivity (Wildman–Crippen MR) is 17.3 cm³/mol. The average Bonchev–Trinajstić information content (AvgIpc) is 0.918. The van der Waals surface area contributed by atoms with Crippen LogP contribution in [-0.2, 0) is 0 Å². The van der Waals surface area contributed by atoms with E-state index in [-0.39, 0.29) is 12.4 Å². The molecule has 0 amide bonds. The maximum atomic E-state index is 6.75. The quantitative estimate of drug-likeness (QED) is 0.238. The van der Waals surface area contributed by atoms with Gasteiger partial charge in [0.25, 0.3) is 0 Å². The largest absolute Gasteiger partial charge is 0.373 e.